The van der Waals surface area contributed by atoms with Gasteiger partial charge in [-0.15, -0.1) is 0 Å². The molecule has 0 heterocycles. The molecule has 0 saturated heterocycles. The van der Waals surface area contributed by atoms with Gasteiger partial charge in [0.2, 0.25) is 0 Å². The van der Waals surface area contributed by atoms with E-state index in [-0.39, 0.29) is 5.41 Å². The molecule has 1 aliphatic carbocycles. The zero-order chi connectivity index (χ0) is 12.3. The summed E-state index contributed by atoms with van der Waals surface area (Å²) in [5, 5.41) is 0. The zero-order valence-electron chi connectivity index (χ0n) is 11.0. The second-order valence-corrected chi connectivity index (χ2v) is 5.26. The lowest BCUT2D eigenvalue weighted by molar-refractivity contribution is 0.326. The highest BCUT2D eigenvalue weighted by Gasteiger charge is 2.31. The zero-order valence-corrected chi connectivity index (χ0v) is 11.0. The summed E-state index contributed by atoms with van der Waals surface area (Å²) in [7, 11) is 4.29. The number of benzene rings is 1. The molecule has 0 aliphatic heterocycles. The van der Waals surface area contributed by atoms with Crippen molar-refractivity contribution in [1.82, 2.24) is 4.90 Å². The maximum Gasteiger partial charge on any atom is 0.0266 e. The Morgan fingerprint density at radius 2 is 1.88 bits per heavy atom. The standard InChI is InChI=1S/C16H21N/c1-16(13-17(2)3,15-11-7-8-12-15)14-9-5-4-6-10-14/h4-11H,12-13H2,1-3H3. The van der Waals surface area contributed by atoms with Crippen molar-refractivity contribution in [3.05, 3.63) is 59.7 Å². The molecule has 90 valence electrons. The van der Waals surface area contributed by atoms with Gasteiger partial charge in [0.15, 0.2) is 0 Å². The molecule has 0 saturated carbocycles. The average Bonchev–Trinajstić information content (AvgIpc) is 2.83. The molecule has 1 atom stereocenters. The Bertz CT molecular complexity index is 428. The Labute approximate surface area is 104 Å². The molecule has 0 amide bonds. The molecule has 0 spiro atoms. The van der Waals surface area contributed by atoms with E-state index >= 15 is 0 Å². The number of hydrogen-bond acceptors (Lipinski definition) is 1. The van der Waals surface area contributed by atoms with Crippen LogP contribution in [-0.2, 0) is 5.41 Å². The maximum absolute atomic E-state index is 2.35. The molecule has 0 radical (unpaired) electrons. The molecule has 2 rings (SSSR count). The Balaban J connectivity index is 2.37. The van der Waals surface area contributed by atoms with Crippen molar-refractivity contribution in [3.8, 4) is 0 Å². The molecule has 1 aliphatic rings. The van der Waals surface area contributed by atoms with Crippen LogP contribution in [0.5, 0.6) is 0 Å². The maximum atomic E-state index is 2.35. The molecule has 1 unspecified atom stereocenters. The highest BCUT2D eigenvalue weighted by atomic mass is 15.1. The third-order valence-electron chi connectivity index (χ3n) is 3.52. The SMILES string of the molecule is CN(C)CC(C)(C1=CC=CC1)c1ccccc1. The molecule has 0 N–H and O–H groups in total. The number of likely N-dealkylation sites (N-methyl/N-ethyl adjacent to an activating group) is 1. The van der Waals surface area contributed by atoms with E-state index in [4.69, 9.17) is 0 Å². The van der Waals surface area contributed by atoms with E-state index in [0.29, 0.717) is 0 Å². The summed E-state index contributed by atoms with van der Waals surface area (Å²) in [5.41, 5.74) is 3.04. The van der Waals surface area contributed by atoms with Gasteiger partial charge in [-0.3, -0.25) is 0 Å². The summed E-state index contributed by atoms with van der Waals surface area (Å²) in [5.74, 6) is 0. The quantitative estimate of drug-likeness (QED) is 0.762. The van der Waals surface area contributed by atoms with Crippen molar-refractivity contribution in [2.45, 2.75) is 18.8 Å². The smallest absolute Gasteiger partial charge is 0.0266 e. The van der Waals surface area contributed by atoms with Gasteiger partial charge in [0.1, 0.15) is 0 Å². The Hall–Kier alpha value is -1.34. The van der Waals surface area contributed by atoms with Crippen molar-refractivity contribution in [2.75, 3.05) is 20.6 Å². The molecule has 1 aromatic carbocycles. The van der Waals surface area contributed by atoms with E-state index in [9.17, 15) is 0 Å². The van der Waals surface area contributed by atoms with Gasteiger partial charge < -0.3 is 4.90 Å². The Morgan fingerprint density at radius 3 is 2.41 bits per heavy atom. The summed E-state index contributed by atoms with van der Waals surface area (Å²) < 4.78 is 0. The first-order chi connectivity index (χ1) is 8.13. The van der Waals surface area contributed by atoms with Crippen LogP contribution >= 0.6 is 0 Å². The number of nitrogens with zero attached hydrogens (tertiary/aromatic N) is 1. The van der Waals surface area contributed by atoms with E-state index in [1.807, 2.05) is 0 Å². The third kappa shape index (κ3) is 2.50. The van der Waals surface area contributed by atoms with Gasteiger partial charge in [0, 0.05) is 12.0 Å². The van der Waals surface area contributed by atoms with Crippen molar-refractivity contribution in [1.29, 1.82) is 0 Å². The van der Waals surface area contributed by atoms with Gasteiger partial charge >= 0.3 is 0 Å². The van der Waals surface area contributed by atoms with Crippen LogP contribution in [0, 0.1) is 0 Å². The van der Waals surface area contributed by atoms with E-state index < -0.39 is 0 Å². The Kier molecular flexibility index (Phi) is 3.49. The van der Waals surface area contributed by atoms with Gasteiger partial charge in [-0.25, -0.2) is 0 Å². The highest BCUT2D eigenvalue weighted by molar-refractivity contribution is 5.41. The van der Waals surface area contributed by atoms with Crippen LogP contribution in [0.25, 0.3) is 0 Å². The van der Waals surface area contributed by atoms with Crippen molar-refractivity contribution < 1.29 is 0 Å². The number of rotatable bonds is 4. The van der Waals surface area contributed by atoms with Crippen LogP contribution in [0.2, 0.25) is 0 Å². The van der Waals surface area contributed by atoms with Gasteiger partial charge in [0.05, 0.1) is 0 Å². The van der Waals surface area contributed by atoms with Gasteiger partial charge in [0.25, 0.3) is 0 Å². The molecule has 0 aromatic heterocycles. The normalized spacial score (nSPS) is 18.2. The van der Waals surface area contributed by atoms with Crippen molar-refractivity contribution in [2.24, 2.45) is 0 Å². The molecule has 1 aromatic rings. The predicted molar refractivity (Wildman–Crippen MR) is 74.2 cm³/mol. The van der Waals surface area contributed by atoms with Crippen LogP contribution in [0.1, 0.15) is 18.9 Å². The largest absolute Gasteiger partial charge is 0.308 e. The van der Waals surface area contributed by atoms with Gasteiger partial charge in [-0.05, 0) is 26.1 Å². The van der Waals surface area contributed by atoms with Crippen LogP contribution in [-0.4, -0.2) is 25.5 Å². The fourth-order valence-electron chi connectivity index (χ4n) is 2.67. The number of allylic oxidation sites excluding steroid dienone is 3. The first-order valence-electron chi connectivity index (χ1n) is 6.19. The second kappa shape index (κ2) is 4.89. The minimum atomic E-state index is 0.119. The van der Waals surface area contributed by atoms with Gasteiger partial charge in [-0.2, -0.15) is 0 Å². The summed E-state index contributed by atoms with van der Waals surface area (Å²) >= 11 is 0. The summed E-state index contributed by atoms with van der Waals surface area (Å²) in [6.45, 7) is 3.39. The summed E-state index contributed by atoms with van der Waals surface area (Å²) in [6, 6.07) is 10.8. The fraction of sp³-hybridized carbons (Fsp3) is 0.375. The van der Waals surface area contributed by atoms with Crippen molar-refractivity contribution in [3.63, 3.8) is 0 Å². The van der Waals surface area contributed by atoms with E-state index in [0.717, 1.165) is 13.0 Å². The molecule has 1 nitrogen and oxygen atoms in total. The lowest BCUT2D eigenvalue weighted by atomic mass is 9.75. The van der Waals surface area contributed by atoms with Crippen molar-refractivity contribution >= 4 is 0 Å². The molecular formula is C16H21N. The molecule has 17 heavy (non-hydrogen) atoms. The lowest BCUT2D eigenvalue weighted by Crippen LogP contribution is -2.36. The number of hydrogen-bond donors (Lipinski definition) is 0. The van der Waals surface area contributed by atoms with E-state index in [1.165, 1.54) is 11.1 Å². The van der Waals surface area contributed by atoms with Crippen LogP contribution < -0.4 is 0 Å². The molecule has 1 heteroatoms. The highest BCUT2D eigenvalue weighted by Crippen LogP contribution is 2.36. The van der Waals surface area contributed by atoms with Gasteiger partial charge in [-0.1, -0.05) is 61.1 Å². The van der Waals surface area contributed by atoms with Crippen LogP contribution in [0.3, 0.4) is 0 Å². The Morgan fingerprint density at radius 1 is 1.18 bits per heavy atom. The lowest BCUT2D eigenvalue weighted by Gasteiger charge is -2.35. The third-order valence-corrected chi connectivity index (χ3v) is 3.52. The first kappa shape index (κ1) is 12.1. The van der Waals surface area contributed by atoms with Crippen LogP contribution in [0.4, 0.5) is 0 Å². The molecule has 0 fully saturated rings. The topological polar surface area (TPSA) is 3.24 Å². The molecule has 0 bridgehead atoms. The average molecular weight is 227 g/mol. The summed E-state index contributed by atoms with van der Waals surface area (Å²) in [4.78, 5) is 2.27. The minimum Gasteiger partial charge on any atom is -0.308 e. The first-order valence-corrected chi connectivity index (χ1v) is 6.19. The van der Waals surface area contributed by atoms with Crippen LogP contribution in [0.15, 0.2) is 54.1 Å². The second-order valence-electron chi connectivity index (χ2n) is 5.26. The predicted octanol–water partition coefficient (Wildman–Crippen LogP) is 3.39. The van der Waals surface area contributed by atoms with E-state index in [2.05, 4.69) is 74.5 Å². The molecular weight excluding hydrogens is 206 g/mol. The fourth-order valence-corrected chi connectivity index (χ4v) is 2.67. The monoisotopic (exact) mass is 227 g/mol. The van der Waals surface area contributed by atoms with E-state index in [1.54, 1.807) is 0 Å². The minimum absolute atomic E-state index is 0.119. The summed E-state index contributed by atoms with van der Waals surface area (Å²) in [6.07, 6.45) is 7.77.